The minimum absolute atomic E-state index is 0.796. The van der Waals surface area contributed by atoms with Crippen molar-refractivity contribution < 1.29 is 0 Å². The highest BCUT2D eigenvalue weighted by atomic mass is 15.1. The lowest BCUT2D eigenvalue weighted by Crippen LogP contribution is -2.27. The maximum absolute atomic E-state index is 3.60. The fraction of sp³-hybridized carbons (Fsp3) is 0.667. The summed E-state index contributed by atoms with van der Waals surface area (Å²) in [6.45, 7) is 5.78. The van der Waals surface area contributed by atoms with Crippen LogP contribution < -0.4 is 10.2 Å². The van der Waals surface area contributed by atoms with Gasteiger partial charge in [-0.1, -0.05) is 31.4 Å². The summed E-state index contributed by atoms with van der Waals surface area (Å²) in [5, 5.41) is 3.60. The van der Waals surface area contributed by atoms with Crippen molar-refractivity contribution in [1.82, 2.24) is 5.32 Å². The molecule has 110 valence electrons. The van der Waals surface area contributed by atoms with Crippen molar-refractivity contribution in [3.63, 3.8) is 0 Å². The van der Waals surface area contributed by atoms with E-state index in [2.05, 4.69) is 35.3 Å². The van der Waals surface area contributed by atoms with Crippen molar-refractivity contribution in [3.05, 3.63) is 29.3 Å². The number of aryl methyl sites for hydroxylation is 1. The molecule has 1 aromatic carbocycles. The molecule has 2 aliphatic rings. The predicted octanol–water partition coefficient (Wildman–Crippen LogP) is 4.02. The van der Waals surface area contributed by atoms with Crippen LogP contribution in [0.5, 0.6) is 0 Å². The third-order valence-corrected chi connectivity index (χ3v) is 4.63. The standard InChI is InChI=1S/C18H28N2/c1-15-13-16(14-19-17-8-9-17)7-10-18(15)20-11-5-3-2-4-6-12-20/h7,10,13,17,19H,2-6,8-9,11-12,14H2,1H3. The average Bonchev–Trinajstić information content (AvgIpc) is 3.21. The fourth-order valence-electron chi connectivity index (χ4n) is 3.22. The molecule has 2 fully saturated rings. The molecule has 1 aliphatic carbocycles. The highest BCUT2D eigenvalue weighted by Crippen LogP contribution is 2.25. The van der Waals surface area contributed by atoms with Crippen molar-refractivity contribution >= 4 is 5.69 Å². The molecular formula is C18H28N2. The lowest BCUT2D eigenvalue weighted by atomic mass is 10.0. The monoisotopic (exact) mass is 272 g/mol. The van der Waals surface area contributed by atoms with Crippen LogP contribution in [-0.2, 0) is 6.54 Å². The van der Waals surface area contributed by atoms with Crippen molar-refractivity contribution in [2.45, 2.75) is 64.5 Å². The fourth-order valence-corrected chi connectivity index (χ4v) is 3.22. The summed E-state index contributed by atoms with van der Waals surface area (Å²) in [4.78, 5) is 2.60. The van der Waals surface area contributed by atoms with E-state index in [9.17, 15) is 0 Å². The van der Waals surface area contributed by atoms with Crippen molar-refractivity contribution in [3.8, 4) is 0 Å². The lowest BCUT2D eigenvalue weighted by Gasteiger charge is -2.28. The van der Waals surface area contributed by atoms with E-state index in [-0.39, 0.29) is 0 Å². The van der Waals surface area contributed by atoms with Gasteiger partial charge in [0.15, 0.2) is 0 Å². The van der Waals surface area contributed by atoms with Gasteiger partial charge in [-0.05, 0) is 49.8 Å². The van der Waals surface area contributed by atoms with E-state index < -0.39 is 0 Å². The number of rotatable bonds is 4. The second-order valence-corrected chi connectivity index (χ2v) is 6.53. The molecule has 20 heavy (non-hydrogen) atoms. The van der Waals surface area contributed by atoms with Crippen molar-refractivity contribution in [1.29, 1.82) is 0 Å². The van der Waals surface area contributed by atoms with Crippen LogP contribution in [0.15, 0.2) is 18.2 Å². The molecule has 0 spiro atoms. The zero-order valence-corrected chi connectivity index (χ0v) is 12.8. The second kappa shape index (κ2) is 6.62. The van der Waals surface area contributed by atoms with Crippen LogP contribution in [0.4, 0.5) is 5.69 Å². The Morgan fingerprint density at radius 1 is 1.05 bits per heavy atom. The first kappa shape index (κ1) is 13.9. The molecule has 1 saturated carbocycles. The Labute approximate surface area is 123 Å². The van der Waals surface area contributed by atoms with Gasteiger partial charge >= 0.3 is 0 Å². The van der Waals surface area contributed by atoms with Gasteiger partial charge in [0.25, 0.3) is 0 Å². The summed E-state index contributed by atoms with van der Waals surface area (Å²) in [6.07, 6.45) is 9.67. The number of hydrogen-bond donors (Lipinski definition) is 1. The largest absolute Gasteiger partial charge is 0.371 e. The van der Waals surface area contributed by atoms with E-state index in [1.165, 1.54) is 74.8 Å². The minimum Gasteiger partial charge on any atom is -0.371 e. The van der Waals surface area contributed by atoms with E-state index in [1.54, 1.807) is 0 Å². The van der Waals surface area contributed by atoms with Crippen LogP contribution in [0.25, 0.3) is 0 Å². The summed E-state index contributed by atoms with van der Waals surface area (Å²) in [5.74, 6) is 0. The molecule has 2 nitrogen and oxygen atoms in total. The van der Waals surface area contributed by atoms with E-state index in [4.69, 9.17) is 0 Å². The van der Waals surface area contributed by atoms with Crippen molar-refractivity contribution in [2.75, 3.05) is 18.0 Å². The van der Waals surface area contributed by atoms with Gasteiger partial charge in [0.05, 0.1) is 0 Å². The Kier molecular flexibility index (Phi) is 4.62. The molecule has 1 saturated heterocycles. The van der Waals surface area contributed by atoms with Crippen LogP contribution in [-0.4, -0.2) is 19.1 Å². The molecule has 0 aromatic heterocycles. The molecule has 1 aliphatic heterocycles. The highest BCUT2D eigenvalue weighted by molar-refractivity contribution is 5.54. The molecule has 2 heteroatoms. The molecule has 3 rings (SSSR count). The number of anilines is 1. The van der Waals surface area contributed by atoms with E-state index in [0.717, 1.165) is 12.6 Å². The number of benzene rings is 1. The molecule has 0 unspecified atom stereocenters. The summed E-state index contributed by atoms with van der Waals surface area (Å²) in [6, 6.07) is 7.84. The molecule has 0 bridgehead atoms. The van der Waals surface area contributed by atoms with E-state index in [0.29, 0.717) is 0 Å². The van der Waals surface area contributed by atoms with Crippen LogP contribution in [0.3, 0.4) is 0 Å². The second-order valence-electron chi connectivity index (χ2n) is 6.53. The minimum atomic E-state index is 0.796. The Morgan fingerprint density at radius 2 is 1.75 bits per heavy atom. The van der Waals surface area contributed by atoms with Crippen molar-refractivity contribution in [2.24, 2.45) is 0 Å². The zero-order chi connectivity index (χ0) is 13.8. The van der Waals surface area contributed by atoms with E-state index in [1.807, 2.05) is 0 Å². The number of nitrogens with one attached hydrogen (secondary N) is 1. The third-order valence-electron chi connectivity index (χ3n) is 4.63. The quantitative estimate of drug-likeness (QED) is 0.890. The Balaban J connectivity index is 1.64. The average molecular weight is 272 g/mol. The van der Waals surface area contributed by atoms with Gasteiger partial charge in [-0.3, -0.25) is 0 Å². The maximum atomic E-state index is 3.60. The molecule has 0 radical (unpaired) electrons. The molecule has 1 N–H and O–H groups in total. The summed E-state index contributed by atoms with van der Waals surface area (Å²) < 4.78 is 0. The molecule has 1 heterocycles. The highest BCUT2D eigenvalue weighted by Gasteiger charge is 2.20. The van der Waals surface area contributed by atoms with Gasteiger partial charge in [-0.15, -0.1) is 0 Å². The molecule has 1 aromatic rings. The first-order valence-electron chi connectivity index (χ1n) is 8.41. The summed E-state index contributed by atoms with van der Waals surface area (Å²) in [5.41, 5.74) is 4.34. The normalized spacial score (nSPS) is 20.6. The molecule has 0 amide bonds. The van der Waals surface area contributed by atoms with Gasteiger partial charge < -0.3 is 10.2 Å². The number of nitrogens with zero attached hydrogens (tertiary/aromatic N) is 1. The Bertz CT molecular complexity index is 429. The summed E-state index contributed by atoms with van der Waals surface area (Å²) in [7, 11) is 0. The maximum Gasteiger partial charge on any atom is 0.0396 e. The number of hydrogen-bond acceptors (Lipinski definition) is 2. The van der Waals surface area contributed by atoms with Gasteiger partial charge in [0.1, 0.15) is 0 Å². The first-order chi connectivity index (χ1) is 9.83. The van der Waals surface area contributed by atoms with Crippen LogP contribution in [0, 0.1) is 6.92 Å². The van der Waals surface area contributed by atoms with Gasteiger partial charge in [-0.2, -0.15) is 0 Å². The van der Waals surface area contributed by atoms with E-state index >= 15 is 0 Å². The zero-order valence-electron chi connectivity index (χ0n) is 12.8. The van der Waals surface area contributed by atoms with Gasteiger partial charge in [-0.25, -0.2) is 0 Å². The summed E-state index contributed by atoms with van der Waals surface area (Å²) >= 11 is 0. The predicted molar refractivity (Wildman–Crippen MR) is 86.3 cm³/mol. The molecule has 0 atom stereocenters. The smallest absolute Gasteiger partial charge is 0.0396 e. The first-order valence-corrected chi connectivity index (χ1v) is 8.41. The molecular weight excluding hydrogens is 244 g/mol. The Hall–Kier alpha value is -1.02. The SMILES string of the molecule is Cc1cc(CNC2CC2)ccc1N1CCCCCCC1. The van der Waals surface area contributed by atoms with Crippen LogP contribution in [0.2, 0.25) is 0 Å². The van der Waals surface area contributed by atoms with Gasteiger partial charge in [0, 0.05) is 31.4 Å². The lowest BCUT2D eigenvalue weighted by molar-refractivity contribution is 0.556. The van der Waals surface area contributed by atoms with Crippen LogP contribution >= 0.6 is 0 Å². The topological polar surface area (TPSA) is 15.3 Å². The van der Waals surface area contributed by atoms with Gasteiger partial charge in [0.2, 0.25) is 0 Å². The Morgan fingerprint density at radius 3 is 2.40 bits per heavy atom. The van der Waals surface area contributed by atoms with Crippen LogP contribution in [0.1, 0.15) is 56.1 Å². The third kappa shape index (κ3) is 3.76.